The van der Waals surface area contributed by atoms with Crippen LogP contribution in [0, 0.1) is 28.6 Å². The summed E-state index contributed by atoms with van der Waals surface area (Å²) < 4.78 is 6.38. The van der Waals surface area contributed by atoms with Crippen LogP contribution in [0.5, 0.6) is 5.75 Å². The molecule has 0 radical (unpaired) electrons. The summed E-state index contributed by atoms with van der Waals surface area (Å²) in [6.07, 6.45) is 16.0. The molecule has 2 N–H and O–H groups in total. The van der Waals surface area contributed by atoms with E-state index in [4.69, 9.17) is 4.74 Å². The molecule has 3 fully saturated rings. The number of aromatic nitrogens is 1. The predicted molar refractivity (Wildman–Crippen MR) is 152 cm³/mol. The number of ether oxygens (including phenoxy) is 1. The van der Waals surface area contributed by atoms with Crippen molar-refractivity contribution >= 4 is 5.78 Å². The third kappa shape index (κ3) is 4.98. The SMILES string of the molecule is CCC(CC)NC(CC)c1cc(OCC[C@]23CCC4C(CC=C5CC(=O)CC[C@@]54C)C2CCC3O)ccn1. The molecule has 38 heavy (non-hydrogen) atoms. The van der Waals surface area contributed by atoms with Crippen molar-refractivity contribution in [2.24, 2.45) is 28.6 Å². The van der Waals surface area contributed by atoms with Crippen molar-refractivity contribution in [1.29, 1.82) is 0 Å². The summed E-state index contributed by atoms with van der Waals surface area (Å²) in [4.78, 5) is 16.9. The van der Waals surface area contributed by atoms with Gasteiger partial charge >= 0.3 is 0 Å². The highest BCUT2D eigenvalue weighted by atomic mass is 16.5. The number of rotatable bonds is 10. The van der Waals surface area contributed by atoms with Crippen molar-refractivity contribution in [3.63, 3.8) is 0 Å². The number of carbonyl (C=O) groups is 1. The molecule has 0 spiro atoms. The molecular formula is C33H50N2O3. The minimum atomic E-state index is -0.232. The Balaban J connectivity index is 1.26. The van der Waals surface area contributed by atoms with E-state index in [9.17, 15) is 9.90 Å². The zero-order valence-electron chi connectivity index (χ0n) is 24.2. The summed E-state index contributed by atoms with van der Waals surface area (Å²) in [5.74, 6) is 3.13. The number of hydrogen-bond acceptors (Lipinski definition) is 5. The Kier molecular flexibility index (Phi) is 8.36. The van der Waals surface area contributed by atoms with Crippen LogP contribution in [0.2, 0.25) is 0 Å². The number of nitrogens with zero attached hydrogens (tertiary/aromatic N) is 1. The number of aliphatic hydroxyl groups excluding tert-OH is 1. The molecule has 0 aromatic carbocycles. The zero-order valence-corrected chi connectivity index (χ0v) is 24.2. The van der Waals surface area contributed by atoms with Gasteiger partial charge in [0.25, 0.3) is 0 Å². The molecule has 5 nitrogen and oxygen atoms in total. The second-order valence-corrected chi connectivity index (χ2v) is 13.0. The van der Waals surface area contributed by atoms with Crippen LogP contribution < -0.4 is 10.1 Å². The van der Waals surface area contributed by atoms with Crippen molar-refractivity contribution in [1.82, 2.24) is 10.3 Å². The lowest BCUT2D eigenvalue weighted by Gasteiger charge is -2.57. The Labute approximate surface area is 230 Å². The highest BCUT2D eigenvalue weighted by molar-refractivity contribution is 5.82. The van der Waals surface area contributed by atoms with E-state index in [0.29, 0.717) is 42.6 Å². The van der Waals surface area contributed by atoms with Gasteiger partial charge in [0.15, 0.2) is 0 Å². The van der Waals surface area contributed by atoms with Crippen molar-refractivity contribution in [2.45, 2.75) is 123 Å². The van der Waals surface area contributed by atoms with E-state index >= 15 is 0 Å². The standard InChI is InChI=1S/C33H50N2O3/c1-5-23(6-2)35-29(7-3)30-21-25(14-18-34-30)38-19-17-33-16-13-27-26(28(33)10-11-31(33)37)9-8-22-20-24(36)12-15-32(22,27)4/h8,14,18,21,23,26-29,31,35,37H,5-7,9-13,15-17,19-20H2,1-4H3/t26?,27?,28?,29?,31?,32-,33+/m0/s1. The van der Waals surface area contributed by atoms with E-state index in [-0.39, 0.29) is 23.0 Å². The minimum Gasteiger partial charge on any atom is -0.493 e. The molecule has 0 aliphatic heterocycles. The van der Waals surface area contributed by atoms with E-state index in [1.807, 2.05) is 12.3 Å². The van der Waals surface area contributed by atoms with Crippen LogP contribution in [0.1, 0.15) is 116 Å². The molecule has 4 aliphatic rings. The number of aliphatic hydroxyl groups is 1. The van der Waals surface area contributed by atoms with Gasteiger partial charge in [-0.1, -0.05) is 39.3 Å². The van der Waals surface area contributed by atoms with E-state index in [1.54, 1.807) is 0 Å². The fourth-order valence-corrected chi connectivity index (χ4v) is 9.03. The Morgan fingerprint density at radius 2 is 1.95 bits per heavy atom. The number of hydrogen-bond donors (Lipinski definition) is 2. The minimum absolute atomic E-state index is 0.0355. The number of ketones is 1. The summed E-state index contributed by atoms with van der Waals surface area (Å²) in [6.45, 7) is 9.75. The number of fused-ring (bicyclic) bond motifs is 5. The Morgan fingerprint density at radius 3 is 2.71 bits per heavy atom. The molecule has 5 heteroatoms. The van der Waals surface area contributed by atoms with Gasteiger partial charge in [0, 0.05) is 42.6 Å². The summed E-state index contributed by atoms with van der Waals surface area (Å²) in [5, 5.41) is 15.1. The number of Topliss-reactive ketones (excluding diaryl/α,β-unsaturated/α-hetero) is 1. The molecule has 1 aromatic rings. The van der Waals surface area contributed by atoms with Gasteiger partial charge in [-0.05, 0) is 93.4 Å². The quantitative estimate of drug-likeness (QED) is 0.325. The maximum atomic E-state index is 12.2. The average molecular weight is 523 g/mol. The van der Waals surface area contributed by atoms with Gasteiger partial charge in [-0.2, -0.15) is 0 Å². The van der Waals surface area contributed by atoms with Crippen LogP contribution in [-0.4, -0.2) is 34.6 Å². The first-order valence-corrected chi connectivity index (χ1v) is 15.6. The molecule has 0 saturated heterocycles. The lowest BCUT2D eigenvalue weighted by molar-refractivity contribution is -0.123. The van der Waals surface area contributed by atoms with Crippen LogP contribution >= 0.6 is 0 Å². The molecule has 0 amide bonds. The maximum Gasteiger partial charge on any atom is 0.136 e. The Hall–Kier alpha value is -1.72. The molecule has 210 valence electrons. The number of allylic oxidation sites excluding steroid dienone is 2. The van der Waals surface area contributed by atoms with Gasteiger partial charge in [-0.25, -0.2) is 0 Å². The van der Waals surface area contributed by atoms with Crippen LogP contribution in [0.15, 0.2) is 30.0 Å². The predicted octanol–water partition coefficient (Wildman–Crippen LogP) is 6.95. The van der Waals surface area contributed by atoms with E-state index in [1.165, 1.54) is 12.0 Å². The fraction of sp³-hybridized carbons (Fsp3) is 0.758. The molecule has 7 atom stereocenters. The molecule has 1 heterocycles. The molecule has 5 unspecified atom stereocenters. The second-order valence-electron chi connectivity index (χ2n) is 13.0. The first-order valence-electron chi connectivity index (χ1n) is 15.6. The van der Waals surface area contributed by atoms with Crippen LogP contribution in [0.4, 0.5) is 0 Å². The summed E-state index contributed by atoms with van der Waals surface area (Å²) in [7, 11) is 0. The lowest BCUT2D eigenvalue weighted by atomic mass is 9.47. The van der Waals surface area contributed by atoms with Gasteiger partial charge in [0.1, 0.15) is 11.5 Å². The zero-order chi connectivity index (χ0) is 26.9. The van der Waals surface area contributed by atoms with E-state index < -0.39 is 0 Å². The van der Waals surface area contributed by atoms with Crippen molar-refractivity contribution in [2.75, 3.05) is 6.61 Å². The third-order valence-corrected chi connectivity index (χ3v) is 11.4. The van der Waals surface area contributed by atoms with Crippen LogP contribution in [-0.2, 0) is 4.79 Å². The molecule has 4 aliphatic carbocycles. The summed E-state index contributed by atoms with van der Waals surface area (Å²) in [5.41, 5.74) is 2.62. The van der Waals surface area contributed by atoms with Gasteiger partial charge in [0.05, 0.1) is 18.4 Å². The van der Waals surface area contributed by atoms with Crippen molar-refractivity contribution in [3.8, 4) is 5.75 Å². The normalized spacial score (nSPS) is 35.3. The molecular weight excluding hydrogens is 472 g/mol. The number of nitrogens with one attached hydrogen (secondary N) is 1. The second kappa shape index (κ2) is 11.4. The molecule has 1 aromatic heterocycles. The van der Waals surface area contributed by atoms with Crippen LogP contribution in [0.25, 0.3) is 0 Å². The number of carbonyl (C=O) groups excluding carboxylic acids is 1. The fourth-order valence-electron chi connectivity index (χ4n) is 9.03. The smallest absolute Gasteiger partial charge is 0.136 e. The molecule has 0 bridgehead atoms. The first-order chi connectivity index (χ1) is 18.3. The third-order valence-electron chi connectivity index (χ3n) is 11.4. The number of pyridine rings is 1. The van der Waals surface area contributed by atoms with E-state index in [2.05, 4.69) is 50.1 Å². The highest BCUT2D eigenvalue weighted by Crippen LogP contribution is 2.65. The monoisotopic (exact) mass is 522 g/mol. The lowest BCUT2D eigenvalue weighted by Crippen LogP contribution is -2.52. The van der Waals surface area contributed by atoms with Gasteiger partial charge in [0.2, 0.25) is 0 Å². The van der Waals surface area contributed by atoms with Crippen LogP contribution in [0.3, 0.4) is 0 Å². The van der Waals surface area contributed by atoms with Gasteiger partial charge < -0.3 is 15.2 Å². The average Bonchev–Trinajstić information content (AvgIpc) is 3.26. The summed E-state index contributed by atoms with van der Waals surface area (Å²) in [6, 6.07) is 4.82. The van der Waals surface area contributed by atoms with Crippen molar-refractivity contribution in [3.05, 3.63) is 35.7 Å². The first kappa shape index (κ1) is 27.8. The maximum absolute atomic E-state index is 12.2. The van der Waals surface area contributed by atoms with Gasteiger partial charge in [-0.15, -0.1) is 0 Å². The molecule has 3 saturated carbocycles. The highest BCUT2D eigenvalue weighted by Gasteiger charge is 2.60. The van der Waals surface area contributed by atoms with Crippen molar-refractivity contribution < 1.29 is 14.6 Å². The van der Waals surface area contributed by atoms with E-state index in [0.717, 1.165) is 75.7 Å². The largest absolute Gasteiger partial charge is 0.493 e. The topological polar surface area (TPSA) is 71.5 Å². The summed E-state index contributed by atoms with van der Waals surface area (Å²) >= 11 is 0. The Bertz CT molecular complexity index is 1020. The Morgan fingerprint density at radius 1 is 1.13 bits per heavy atom. The molecule has 5 rings (SSSR count). The van der Waals surface area contributed by atoms with Gasteiger partial charge in [-0.3, -0.25) is 9.78 Å².